The second kappa shape index (κ2) is 6.69. The molecule has 1 N–H and O–H groups in total. The fourth-order valence-electron chi connectivity index (χ4n) is 2.90. The van der Waals surface area contributed by atoms with Gasteiger partial charge in [-0.15, -0.1) is 0 Å². The van der Waals surface area contributed by atoms with E-state index in [-0.39, 0.29) is 0 Å². The first-order valence-corrected chi connectivity index (χ1v) is 7.98. The normalized spacial score (nSPS) is 10.7. The quantitative estimate of drug-likeness (QED) is 0.740. The molecular weight excluding hydrogens is 284 g/mol. The van der Waals surface area contributed by atoms with Gasteiger partial charge in [0, 0.05) is 28.9 Å². The number of rotatable bonds is 5. The van der Waals surface area contributed by atoms with Gasteiger partial charge in [0.25, 0.3) is 0 Å². The van der Waals surface area contributed by atoms with Gasteiger partial charge in [-0.05, 0) is 36.4 Å². The molecule has 0 spiro atoms. The van der Waals surface area contributed by atoms with Crippen molar-refractivity contribution >= 4 is 16.5 Å². The van der Waals surface area contributed by atoms with Crippen molar-refractivity contribution < 1.29 is 4.74 Å². The number of ether oxygens (including phenoxy) is 1. The molecule has 0 amide bonds. The maximum absolute atomic E-state index is 5.45. The van der Waals surface area contributed by atoms with Crippen LogP contribution in [0.3, 0.4) is 0 Å². The van der Waals surface area contributed by atoms with Gasteiger partial charge in [-0.2, -0.15) is 0 Å². The SMILES string of the molecule is CCc1cc(CNc2cccc3ccccc23)c(OC)nc1C. The van der Waals surface area contributed by atoms with Crippen LogP contribution < -0.4 is 10.1 Å². The van der Waals surface area contributed by atoms with Gasteiger partial charge in [-0.3, -0.25) is 0 Å². The number of aryl methyl sites for hydroxylation is 2. The number of methoxy groups -OCH3 is 1. The average molecular weight is 306 g/mol. The van der Waals surface area contributed by atoms with Crippen molar-refractivity contribution in [2.75, 3.05) is 12.4 Å². The number of hydrogen-bond donors (Lipinski definition) is 1. The first-order chi connectivity index (χ1) is 11.2. The molecule has 3 nitrogen and oxygen atoms in total. The van der Waals surface area contributed by atoms with Crippen LogP contribution in [0.5, 0.6) is 5.88 Å². The number of anilines is 1. The first-order valence-electron chi connectivity index (χ1n) is 7.98. The lowest BCUT2D eigenvalue weighted by molar-refractivity contribution is 0.391. The summed E-state index contributed by atoms with van der Waals surface area (Å²) in [6.07, 6.45) is 0.976. The molecule has 0 saturated heterocycles. The molecule has 0 saturated carbocycles. The lowest BCUT2D eigenvalue weighted by atomic mass is 10.1. The molecular formula is C20H22N2O. The Balaban J connectivity index is 1.90. The van der Waals surface area contributed by atoms with Crippen molar-refractivity contribution in [3.63, 3.8) is 0 Å². The van der Waals surface area contributed by atoms with Gasteiger partial charge in [-0.25, -0.2) is 4.98 Å². The van der Waals surface area contributed by atoms with Crippen molar-refractivity contribution in [3.05, 3.63) is 65.4 Å². The highest BCUT2D eigenvalue weighted by molar-refractivity contribution is 5.93. The van der Waals surface area contributed by atoms with Gasteiger partial charge >= 0.3 is 0 Å². The molecule has 1 heterocycles. The van der Waals surface area contributed by atoms with E-state index in [1.54, 1.807) is 7.11 Å². The Hall–Kier alpha value is -2.55. The highest BCUT2D eigenvalue weighted by Gasteiger charge is 2.09. The van der Waals surface area contributed by atoms with E-state index in [0.29, 0.717) is 12.4 Å². The van der Waals surface area contributed by atoms with E-state index in [9.17, 15) is 0 Å². The summed E-state index contributed by atoms with van der Waals surface area (Å²) in [5.41, 5.74) is 4.52. The molecule has 0 atom stereocenters. The summed E-state index contributed by atoms with van der Waals surface area (Å²) >= 11 is 0. The van der Waals surface area contributed by atoms with E-state index in [0.717, 1.165) is 23.4 Å². The van der Waals surface area contributed by atoms with Gasteiger partial charge in [0.2, 0.25) is 5.88 Å². The maximum atomic E-state index is 5.45. The second-order valence-electron chi connectivity index (χ2n) is 5.64. The Morgan fingerprint density at radius 1 is 1.04 bits per heavy atom. The molecule has 0 aliphatic heterocycles. The summed E-state index contributed by atoms with van der Waals surface area (Å²) < 4.78 is 5.45. The van der Waals surface area contributed by atoms with Crippen LogP contribution in [0, 0.1) is 6.92 Å². The largest absolute Gasteiger partial charge is 0.481 e. The van der Waals surface area contributed by atoms with Crippen LogP contribution in [0.1, 0.15) is 23.7 Å². The number of benzene rings is 2. The van der Waals surface area contributed by atoms with Crippen molar-refractivity contribution in [2.24, 2.45) is 0 Å². The summed E-state index contributed by atoms with van der Waals surface area (Å²) in [6.45, 7) is 4.87. The van der Waals surface area contributed by atoms with Crippen LogP contribution in [-0.4, -0.2) is 12.1 Å². The Bertz CT molecular complexity index is 822. The molecule has 0 fully saturated rings. The fraction of sp³-hybridized carbons (Fsp3) is 0.250. The highest BCUT2D eigenvalue weighted by Crippen LogP contribution is 2.25. The molecule has 0 aliphatic rings. The molecule has 1 aromatic heterocycles. The van der Waals surface area contributed by atoms with Crippen LogP contribution in [0.4, 0.5) is 5.69 Å². The first kappa shape index (κ1) is 15.3. The molecule has 3 rings (SSSR count). The summed E-state index contributed by atoms with van der Waals surface area (Å²) in [4.78, 5) is 4.57. The van der Waals surface area contributed by atoms with Crippen LogP contribution in [-0.2, 0) is 13.0 Å². The summed E-state index contributed by atoms with van der Waals surface area (Å²) in [7, 11) is 1.68. The molecule has 0 bridgehead atoms. The zero-order valence-electron chi connectivity index (χ0n) is 13.9. The minimum absolute atomic E-state index is 0.692. The lowest BCUT2D eigenvalue weighted by Gasteiger charge is -2.14. The molecule has 3 heteroatoms. The highest BCUT2D eigenvalue weighted by atomic mass is 16.5. The van der Waals surface area contributed by atoms with E-state index < -0.39 is 0 Å². The van der Waals surface area contributed by atoms with Gasteiger partial charge in [0.1, 0.15) is 0 Å². The third-order valence-corrected chi connectivity index (χ3v) is 4.19. The molecule has 0 unspecified atom stereocenters. The van der Waals surface area contributed by atoms with Crippen LogP contribution in [0.15, 0.2) is 48.5 Å². The number of pyridine rings is 1. The topological polar surface area (TPSA) is 34.1 Å². The molecule has 3 aromatic rings. The third kappa shape index (κ3) is 3.14. The zero-order chi connectivity index (χ0) is 16.2. The number of hydrogen-bond acceptors (Lipinski definition) is 3. The number of fused-ring (bicyclic) bond motifs is 1. The standard InChI is InChI=1S/C20H22N2O/c1-4-15-12-17(20(23-3)22-14(15)2)13-21-19-11-7-9-16-8-5-6-10-18(16)19/h5-12,21H,4,13H2,1-3H3. The minimum Gasteiger partial charge on any atom is -0.481 e. The van der Waals surface area contributed by atoms with E-state index in [2.05, 4.69) is 65.8 Å². The monoisotopic (exact) mass is 306 g/mol. The number of aromatic nitrogens is 1. The van der Waals surface area contributed by atoms with Crippen LogP contribution in [0.25, 0.3) is 10.8 Å². The second-order valence-corrected chi connectivity index (χ2v) is 5.64. The minimum atomic E-state index is 0.692. The van der Waals surface area contributed by atoms with Gasteiger partial charge < -0.3 is 10.1 Å². The summed E-state index contributed by atoms with van der Waals surface area (Å²) in [5, 5.41) is 5.99. The molecule has 0 radical (unpaired) electrons. The Kier molecular flexibility index (Phi) is 4.47. The van der Waals surface area contributed by atoms with Crippen molar-refractivity contribution in [3.8, 4) is 5.88 Å². The van der Waals surface area contributed by atoms with E-state index in [1.807, 2.05) is 6.92 Å². The fourth-order valence-corrected chi connectivity index (χ4v) is 2.90. The number of nitrogens with one attached hydrogen (secondary N) is 1. The Labute approximate surface area is 137 Å². The smallest absolute Gasteiger partial charge is 0.218 e. The van der Waals surface area contributed by atoms with Gasteiger partial charge in [0.05, 0.1) is 7.11 Å². The van der Waals surface area contributed by atoms with Crippen molar-refractivity contribution in [1.82, 2.24) is 4.98 Å². The molecule has 118 valence electrons. The van der Waals surface area contributed by atoms with Gasteiger partial charge in [0.15, 0.2) is 0 Å². The lowest BCUT2D eigenvalue weighted by Crippen LogP contribution is -2.06. The van der Waals surface area contributed by atoms with E-state index in [1.165, 1.54) is 16.3 Å². The molecule has 23 heavy (non-hydrogen) atoms. The van der Waals surface area contributed by atoms with E-state index in [4.69, 9.17) is 4.74 Å². The Morgan fingerprint density at radius 2 is 1.83 bits per heavy atom. The predicted octanol–water partition coefficient (Wildman–Crippen LogP) is 4.73. The zero-order valence-corrected chi connectivity index (χ0v) is 13.9. The average Bonchev–Trinajstić information content (AvgIpc) is 2.60. The summed E-state index contributed by atoms with van der Waals surface area (Å²) in [5.74, 6) is 0.701. The van der Waals surface area contributed by atoms with E-state index >= 15 is 0 Å². The van der Waals surface area contributed by atoms with Crippen LogP contribution >= 0.6 is 0 Å². The summed E-state index contributed by atoms with van der Waals surface area (Å²) in [6, 6.07) is 16.9. The Morgan fingerprint density at radius 3 is 2.61 bits per heavy atom. The maximum Gasteiger partial charge on any atom is 0.218 e. The van der Waals surface area contributed by atoms with Crippen molar-refractivity contribution in [1.29, 1.82) is 0 Å². The molecule has 0 aliphatic carbocycles. The third-order valence-electron chi connectivity index (χ3n) is 4.19. The van der Waals surface area contributed by atoms with Gasteiger partial charge in [-0.1, -0.05) is 43.3 Å². The molecule has 2 aromatic carbocycles. The predicted molar refractivity (Wildman–Crippen MR) is 96.2 cm³/mol. The van der Waals surface area contributed by atoms with Crippen LogP contribution in [0.2, 0.25) is 0 Å². The van der Waals surface area contributed by atoms with Crippen molar-refractivity contribution in [2.45, 2.75) is 26.8 Å². The number of nitrogens with zero attached hydrogens (tertiary/aromatic N) is 1.